The quantitative estimate of drug-likeness (QED) is 0.481. The molecule has 34 heavy (non-hydrogen) atoms. The second-order valence-corrected chi connectivity index (χ2v) is 11.0. The van der Waals surface area contributed by atoms with E-state index in [2.05, 4.69) is 73.8 Å². The third-order valence-corrected chi connectivity index (χ3v) is 6.21. The molecule has 0 aromatic heterocycles. The fraction of sp³-hybridized carbons (Fsp3) is 0.519. The molecule has 0 bridgehead atoms. The van der Waals surface area contributed by atoms with Crippen LogP contribution in [-0.2, 0) is 10.2 Å². The SMILES string of the molecule is CC(C)(C)CC(C)(C)c1ccc(N2CCC(C(=O)Nc3ccc(OC(F)(F)F)cc3)CC2)cc1. The molecule has 1 fully saturated rings. The average Bonchev–Trinajstić information content (AvgIpc) is 2.73. The number of amides is 1. The molecule has 0 radical (unpaired) electrons. The number of rotatable bonds is 6. The minimum atomic E-state index is -4.73. The number of hydrogen-bond acceptors (Lipinski definition) is 3. The Hall–Kier alpha value is -2.70. The molecule has 186 valence electrons. The Labute approximate surface area is 200 Å². The monoisotopic (exact) mass is 476 g/mol. The number of ether oxygens (including phenoxy) is 1. The van der Waals surface area contributed by atoms with Gasteiger partial charge in [0.15, 0.2) is 0 Å². The number of benzene rings is 2. The van der Waals surface area contributed by atoms with Crippen LogP contribution in [0.25, 0.3) is 0 Å². The van der Waals surface area contributed by atoms with Gasteiger partial charge in [-0.1, -0.05) is 46.8 Å². The van der Waals surface area contributed by atoms with Crippen LogP contribution in [0.5, 0.6) is 5.75 Å². The van der Waals surface area contributed by atoms with E-state index >= 15 is 0 Å². The van der Waals surface area contributed by atoms with Crippen molar-refractivity contribution >= 4 is 17.3 Å². The molecule has 1 N–H and O–H groups in total. The highest BCUT2D eigenvalue weighted by Gasteiger charge is 2.31. The summed E-state index contributed by atoms with van der Waals surface area (Å²) in [6.07, 6.45) is -2.20. The van der Waals surface area contributed by atoms with Gasteiger partial charge in [0, 0.05) is 30.4 Å². The van der Waals surface area contributed by atoms with Crippen LogP contribution in [0.3, 0.4) is 0 Å². The molecule has 0 spiro atoms. The van der Waals surface area contributed by atoms with E-state index in [1.807, 2.05) is 0 Å². The van der Waals surface area contributed by atoms with Gasteiger partial charge in [0.2, 0.25) is 5.91 Å². The first-order valence-electron chi connectivity index (χ1n) is 11.7. The molecule has 0 saturated carbocycles. The van der Waals surface area contributed by atoms with Crippen LogP contribution >= 0.6 is 0 Å². The highest BCUT2D eigenvalue weighted by atomic mass is 19.4. The second-order valence-electron chi connectivity index (χ2n) is 11.0. The van der Waals surface area contributed by atoms with E-state index in [0.29, 0.717) is 5.69 Å². The second kappa shape index (κ2) is 9.88. The number of alkyl halides is 3. The van der Waals surface area contributed by atoms with Gasteiger partial charge in [-0.25, -0.2) is 0 Å². The van der Waals surface area contributed by atoms with Gasteiger partial charge in [-0.05, 0) is 72.1 Å². The zero-order valence-electron chi connectivity index (χ0n) is 20.6. The topological polar surface area (TPSA) is 41.6 Å². The van der Waals surface area contributed by atoms with Gasteiger partial charge in [-0.3, -0.25) is 4.79 Å². The summed E-state index contributed by atoms with van der Waals surface area (Å²) in [7, 11) is 0. The molecule has 1 aliphatic heterocycles. The Morgan fingerprint density at radius 2 is 1.50 bits per heavy atom. The first kappa shape index (κ1) is 25.9. The maximum Gasteiger partial charge on any atom is 0.573 e. The fourth-order valence-corrected chi connectivity index (χ4v) is 4.94. The minimum absolute atomic E-state index is 0.0962. The van der Waals surface area contributed by atoms with Gasteiger partial charge in [-0.2, -0.15) is 0 Å². The molecule has 3 rings (SSSR count). The summed E-state index contributed by atoms with van der Waals surface area (Å²) >= 11 is 0. The van der Waals surface area contributed by atoms with Crippen molar-refractivity contribution in [1.82, 2.24) is 0 Å². The smallest absolute Gasteiger partial charge is 0.406 e. The summed E-state index contributed by atoms with van der Waals surface area (Å²) in [4.78, 5) is 15.0. The molecule has 1 saturated heterocycles. The third-order valence-electron chi connectivity index (χ3n) is 6.21. The first-order valence-corrected chi connectivity index (χ1v) is 11.7. The molecule has 0 unspecified atom stereocenters. The number of carbonyl (C=O) groups is 1. The summed E-state index contributed by atoms with van der Waals surface area (Å²) in [6, 6.07) is 14.0. The number of piperidine rings is 1. The Balaban J connectivity index is 1.52. The van der Waals surface area contributed by atoms with Crippen LogP contribution in [0.4, 0.5) is 24.5 Å². The van der Waals surface area contributed by atoms with Crippen molar-refractivity contribution in [2.75, 3.05) is 23.3 Å². The van der Waals surface area contributed by atoms with Crippen LogP contribution in [0.2, 0.25) is 0 Å². The van der Waals surface area contributed by atoms with Crippen LogP contribution < -0.4 is 15.0 Å². The van der Waals surface area contributed by atoms with Crippen LogP contribution in [-0.4, -0.2) is 25.4 Å². The summed E-state index contributed by atoms with van der Waals surface area (Å²) in [6.45, 7) is 12.9. The van der Waals surface area contributed by atoms with Crippen molar-refractivity contribution in [3.8, 4) is 5.75 Å². The zero-order valence-corrected chi connectivity index (χ0v) is 20.6. The molecule has 1 heterocycles. The van der Waals surface area contributed by atoms with Gasteiger partial charge >= 0.3 is 6.36 Å². The number of halogens is 3. The molecule has 2 aromatic carbocycles. The number of anilines is 2. The molecule has 1 amide bonds. The van der Waals surface area contributed by atoms with Crippen molar-refractivity contribution in [2.45, 2.75) is 65.7 Å². The van der Waals surface area contributed by atoms with Crippen molar-refractivity contribution in [2.24, 2.45) is 11.3 Å². The number of hydrogen-bond donors (Lipinski definition) is 1. The average molecular weight is 477 g/mol. The molecule has 1 aliphatic rings. The van der Waals surface area contributed by atoms with E-state index in [1.54, 1.807) is 0 Å². The Morgan fingerprint density at radius 3 is 2.00 bits per heavy atom. The van der Waals surface area contributed by atoms with Gasteiger partial charge in [0.05, 0.1) is 0 Å². The Morgan fingerprint density at radius 1 is 0.941 bits per heavy atom. The number of nitrogens with one attached hydrogen (secondary N) is 1. The van der Waals surface area contributed by atoms with Gasteiger partial charge in [0.25, 0.3) is 0 Å². The summed E-state index contributed by atoms with van der Waals surface area (Å²) in [5.74, 6) is -0.553. The van der Waals surface area contributed by atoms with Gasteiger partial charge < -0.3 is 15.0 Å². The highest BCUT2D eigenvalue weighted by Crippen LogP contribution is 2.37. The van der Waals surface area contributed by atoms with E-state index in [4.69, 9.17) is 0 Å². The van der Waals surface area contributed by atoms with Crippen LogP contribution in [0, 0.1) is 11.3 Å². The van der Waals surface area contributed by atoms with E-state index in [9.17, 15) is 18.0 Å². The predicted molar refractivity (Wildman–Crippen MR) is 130 cm³/mol. The highest BCUT2D eigenvalue weighted by molar-refractivity contribution is 5.92. The molecule has 0 atom stereocenters. The lowest BCUT2D eigenvalue weighted by Crippen LogP contribution is -2.38. The Bertz CT molecular complexity index is 953. The molecular weight excluding hydrogens is 441 g/mol. The van der Waals surface area contributed by atoms with E-state index in [1.165, 1.54) is 29.8 Å². The van der Waals surface area contributed by atoms with Crippen LogP contribution in [0.1, 0.15) is 59.4 Å². The maximum absolute atomic E-state index is 12.7. The Kier molecular flexibility index (Phi) is 7.53. The van der Waals surface area contributed by atoms with Crippen molar-refractivity contribution < 1.29 is 22.7 Å². The van der Waals surface area contributed by atoms with Crippen molar-refractivity contribution in [3.05, 3.63) is 54.1 Å². The van der Waals surface area contributed by atoms with Gasteiger partial charge in [-0.15, -0.1) is 13.2 Å². The fourth-order valence-electron chi connectivity index (χ4n) is 4.94. The maximum atomic E-state index is 12.7. The summed E-state index contributed by atoms with van der Waals surface area (Å²) in [5, 5.41) is 2.80. The van der Waals surface area contributed by atoms with Crippen LogP contribution in [0.15, 0.2) is 48.5 Å². The molecule has 4 nitrogen and oxygen atoms in total. The lowest BCUT2D eigenvalue weighted by molar-refractivity contribution is -0.274. The molecular formula is C27H35F3N2O2. The van der Waals surface area contributed by atoms with E-state index < -0.39 is 6.36 Å². The molecule has 0 aliphatic carbocycles. The number of carbonyl (C=O) groups excluding carboxylic acids is 1. The number of nitrogens with zero attached hydrogens (tertiary/aromatic N) is 1. The first-order chi connectivity index (χ1) is 15.7. The molecule has 2 aromatic rings. The zero-order chi connectivity index (χ0) is 25.1. The predicted octanol–water partition coefficient (Wildman–Crippen LogP) is 7.15. The lowest BCUT2D eigenvalue weighted by Gasteiger charge is -2.35. The standard InChI is InChI=1S/C27H35F3N2O2/c1-25(2,3)18-26(4,5)20-6-10-22(11-7-20)32-16-14-19(15-17-32)24(33)31-21-8-12-23(13-9-21)34-27(28,29)30/h6-13,19H,14-18H2,1-5H3,(H,31,33). The lowest BCUT2D eigenvalue weighted by atomic mass is 9.72. The minimum Gasteiger partial charge on any atom is -0.406 e. The van der Waals surface area contributed by atoms with Crippen molar-refractivity contribution in [1.29, 1.82) is 0 Å². The largest absolute Gasteiger partial charge is 0.573 e. The van der Waals surface area contributed by atoms with Crippen molar-refractivity contribution in [3.63, 3.8) is 0 Å². The normalized spacial score (nSPS) is 15.8. The molecule has 7 heteroatoms. The van der Waals surface area contributed by atoms with Gasteiger partial charge in [0.1, 0.15) is 5.75 Å². The van der Waals surface area contributed by atoms with E-state index in [0.717, 1.165) is 38.0 Å². The van der Waals surface area contributed by atoms with E-state index in [-0.39, 0.29) is 28.4 Å². The summed E-state index contributed by atoms with van der Waals surface area (Å²) in [5.41, 5.74) is 3.29. The summed E-state index contributed by atoms with van der Waals surface area (Å²) < 4.78 is 40.7. The third kappa shape index (κ3) is 7.40.